The maximum Gasteiger partial charge on any atom is 0.340 e. The number of rotatable bonds is 6. The Labute approximate surface area is 164 Å². The van der Waals surface area contributed by atoms with Crippen LogP contribution in [-0.2, 0) is 9.53 Å². The Balaban J connectivity index is 2.18. The molecule has 0 bridgehead atoms. The molecule has 0 spiro atoms. The highest BCUT2D eigenvalue weighted by atomic mass is 32.2. The number of pyridine rings is 1. The Morgan fingerprint density at radius 3 is 2.64 bits per heavy atom. The van der Waals surface area contributed by atoms with Gasteiger partial charge >= 0.3 is 5.97 Å². The van der Waals surface area contributed by atoms with Crippen LogP contribution < -0.4 is 5.32 Å². The van der Waals surface area contributed by atoms with Crippen molar-refractivity contribution in [1.82, 2.24) is 4.98 Å². The van der Waals surface area contributed by atoms with E-state index in [1.165, 1.54) is 12.1 Å². The summed E-state index contributed by atoms with van der Waals surface area (Å²) in [7, 11) is 0. The van der Waals surface area contributed by atoms with Crippen molar-refractivity contribution in [3.63, 3.8) is 0 Å². The SMILES string of the molecule is CCOC(=O)c1cc(C#N)c(S[C@@H](C)C(=O)Nc2ccc(F)c(F)c2)nc1C. The number of aryl methyl sites for hydroxylation is 1. The lowest BCUT2D eigenvalue weighted by Gasteiger charge is -2.14. The molecule has 2 rings (SSSR count). The highest BCUT2D eigenvalue weighted by Gasteiger charge is 2.21. The first kappa shape index (κ1) is 21.3. The van der Waals surface area contributed by atoms with E-state index in [-0.39, 0.29) is 28.4 Å². The number of hydrogen-bond donors (Lipinski definition) is 1. The van der Waals surface area contributed by atoms with Crippen molar-refractivity contribution in [1.29, 1.82) is 5.26 Å². The van der Waals surface area contributed by atoms with E-state index in [0.717, 1.165) is 23.9 Å². The number of ether oxygens (including phenoxy) is 1. The zero-order valence-electron chi connectivity index (χ0n) is 15.4. The van der Waals surface area contributed by atoms with Crippen molar-refractivity contribution >= 4 is 29.3 Å². The molecule has 1 aromatic carbocycles. The van der Waals surface area contributed by atoms with E-state index in [1.54, 1.807) is 20.8 Å². The van der Waals surface area contributed by atoms with Gasteiger partial charge in [-0.05, 0) is 39.0 Å². The van der Waals surface area contributed by atoms with Crippen molar-refractivity contribution < 1.29 is 23.1 Å². The third-order valence-corrected chi connectivity index (χ3v) is 4.74. The number of thioether (sulfide) groups is 1. The Bertz CT molecular complexity index is 960. The van der Waals surface area contributed by atoms with E-state index >= 15 is 0 Å². The van der Waals surface area contributed by atoms with Crippen molar-refractivity contribution in [3.05, 3.63) is 52.7 Å². The van der Waals surface area contributed by atoms with Crippen LogP contribution in [0.15, 0.2) is 29.3 Å². The van der Waals surface area contributed by atoms with Crippen LogP contribution in [0, 0.1) is 29.9 Å². The smallest absolute Gasteiger partial charge is 0.340 e. The van der Waals surface area contributed by atoms with Crippen LogP contribution >= 0.6 is 11.8 Å². The average molecular weight is 405 g/mol. The number of nitriles is 1. The first-order chi connectivity index (χ1) is 13.3. The molecule has 2 aromatic rings. The molecule has 9 heteroatoms. The predicted molar refractivity (Wildman–Crippen MR) is 100.0 cm³/mol. The molecular weight excluding hydrogens is 388 g/mol. The van der Waals surface area contributed by atoms with Crippen molar-refractivity contribution in [2.24, 2.45) is 0 Å². The van der Waals surface area contributed by atoms with Gasteiger partial charge in [-0.3, -0.25) is 4.79 Å². The van der Waals surface area contributed by atoms with Crippen molar-refractivity contribution in [3.8, 4) is 6.07 Å². The van der Waals surface area contributed by atoms with Crippen LogP contribution in [0.3, 0.4) is 0 Å². The summed E-state index contributed by atoms with van der Waals surface area (Å²) >= 11 is 1.01. The third kappa shape index (κ3) is 5.04. The summed E-state index contributed by atoms with van der Waals surface area (Å²) in [5.74, 6) is -3.14. The molecule has 1 N–H and O–H groups in total. The number of anilines is 1. The maximum absolute atomic E-state index is 13.3. The molecule has 1 atom stereocenters. The van der Waals surface area contributed by atoms with Gasteiger partial charge in [-0.25, -0.2) is 18.6 Å². The van der Waals surface area contributed by atoms with Crippen molar-refractivity contribution in [2.75, 3.05) is 11.9 Å². The van der Waals surface area contributed by atoms with Crippen LogP contribution in [0.4, 0.5) is 14.5 Å². The van der Waals surface area contributed by atoms with Crippen molar-refractivity contribution in [2.45, 2.75) is 31.0 Å². The van der Waals surface area contributed by atoms with E-state index in [0.29, 0.717) is 5.69 Å². The van der Waals surface area contributed by atoms with E-state index in [9.17, 15) is 23.6 Å². The van der Waals surface area contributed by atoms with Gasteiger partial charge in [-0.15, -0.1) is 0 Å². The minimum absolute atomic E-state index is 0.110. The monoisotopic (exact) mass is 405 g/mol. The third-order valence-electron chi connectivity index (χ3n) is 3.64. The highest BCUT2D eigenvalue weighted by Crippen LogP contribution is 2.28. The van der Waals surface area contributed by atoms with Gasteiger partial charge in [0.25, 0.3) is 0 Å². The number of aromatic nitrogens is 1. The number of amides is 1. The molecular formula is C19H17F2N3O3S. The van der Waals surface area contributed by atoms with E-state index in [1.807, 2.05) is 6.07 Å². The Hall–Kier alpha value is -2.99. The minimum atomic E-state index is -1.07. The Morgan fingerprint density at radius 2 is 2.04 bits per heavy atom. The zero-order valence-corrected chi connectivity index (χ0v) is 16.2. The fourth-order valence-corrected chi connectivity index (χ4v) is 3.13. The quantitative estimate of drug-likeness (QED) is 0.580. The standard InChI is InChI=1S/C19H17F2N3O3S/c1-4-27-19(26)14-7-12(9-22)18(23-10(14)2)28-11(3)17(25)24-13-5-6-15(20)16(21)8-13/h5-8,11H,4H2,1-3H3,(H,24,25)/t11-/m0/s1. The van der Waals surface area contributed by atoms with Crippen LogP contribution in [-0.4, -0.2) is 28.7 Å². The summed E-state index contributed by atoms with van der Waals surface area (Å²) in [4.78, 5) is 28.5. The minimum Gasteiger partial charge on any atom is -0.462 e. The van der Waals surface area contributed by atoms with Gasteiger partial charge in [0.05, 0.1) is 28.7 Å². The molecule has 1 heterocycles. The van der Waals surface area contributed by atoms with E-state index in [2.05, 4.69) is 10.3 Å². The van der Waals surface area contributed by atoms with E-state index in [4.69, 9.17) is 4.74 Å². The summed E-state index contributed by atoms with van der Waals surface area (Å²) in [6.07, 6.45) is 0. The molecule has 1 amide bonds. The fraction of sp³-hybridized carbons (Fsp3) is 0.263. The van der Waals surface area contributed by atoms with E-state index < -0.39 is 28.8 Å². The number of carbonyl (C=O) groups is 2. The van der Waals surface area contributed by atoms with Crippen LogP contribution in [0.5, 0.6) is 0 Å². The highest BCUT2D eigenvalue weighted by molar-refractivity contribution is 8.00. The molecule has 28 heavy (non-hydrogen) atoms. The molecule has 0 saturated carbocycles. The molecule has 0 aliphatic rings. The first-order valence-corrected chi connectivity index (χ1v) is 9.16. The molecule has 6 nitrogen and oxygen atoms in total. The van der Waals surface area contributed by atoms with Crippen LogP contribution in [0.1, 0.15) is 35.5 Å². The molecule has 0 aliphatic heterocycles. The number of benzene rings is 1. The van der Waals surface area contributed by atoms with Gasteiger partial charge in [0.15, 0.2) is 11.6 Å². The maximum atomic E-state index is 13.3. The lowest BCUT2D eigenvalue weighted by molar-refractivity contribution is -0.115. The predicted octanol–water partition coefficient (Wildman–Crippen LogP) is 3.84. The number of halogens is 2. The number of hydrogen-bond acceptors (Lipinski definition) is 6. The van der Waals surface area contributed by atoms with Gasteiger partial charge in [-0.2, -0.15) is 5.26 Å². The number of esters is 1. The van der Waals surface area contributed by atoms with Gasteiger partial charge in [0, 0.05) is 11.8 Å². The normalized spacial score (nSPS) is 11.4. The summed E-state index contributed by atoms with van der Waals surface area (Å²) in [5.41, 5.74) is 0.791. The number of carbonyl (C=O) groups excluding carboxylic acids is 2. The second kappa shape index (κ2) is 9.28. The Kier molecular flexibility index (Phi) is 7.06. The number of nitrogens with zero attached hydrogens (tertiary/aromatic N) is 2. The Morgan fingerprint density at radius 1 is 1.32 bits per heavy atom. The van der Waals surface area contributed by atoms with Gasteiger partial charge in [-0.1, -0.05) is 11.8 Å². The summed E-state index contributed by atoms with van der Waals surface area (Å²) in [5, 5.41) is 11.4. The van der Waals surface area contributed by atoms with Gasteiger partial charge in [0.2, 0.25) is 5.91 Å². The molecule has 0 aliphatic carbocycles. The topological polar surface area (TPSA) is 92.1 Å². The second-order valence-electron chi connectivity index (χ2n) is 5.68. The first-order valence-electron chi connectivity index (χ1n) is 8.28. The summed E-state index contributed by atoms with van der Waals surface area (Å²) in [6, 6.07) is 6.36. The van der Waals surface area contributed by atoms with Crippen LogP contribution in [0.25, 0.3) is 0 Å². The second-order valence-corrected chi connectivity index (χ2v) is 7.01. The zero-order chi connectivity index (χ0) is 20.8. The van der Waals surface area contributed by atoms with Crippen LogP contribution in [0.2, 0.25) is 0 Å². The molecule has 0 unspecified atom stereocenters. The van der Waals surface area contributed by atoms with Gasteiger partial charge < -0.3 is 10.1 Å². The molecule has 0 radical (unpaired) electrons. The largest absolute Gasteiger partial charge is 0.462 e. The van der Waals surface area contributed by atoms with Gasteiger partial charge in [0.1, 0.15) is 11.1 Å². The number of nitrogens with one attached hydrogen (secondary N) is 1. The lowest BCUT2D eigenvalue weighted by atomic mass is 10.1. The summed E-state index contributed by atoms with van der Waals surface area (Å²) < 4.78 is 31.2. The molecule has 146 valence electrons. The average Bonchev–Trinajstić information content (AvgIpc) is 2.65. The summed E-state index contributed by atoms with van der Waals surface area (Å²) in [6.45, 7) is 5.04. The fourth-order valence-electron chi connectivity index (χ4n) is 2.21. The molecule has 1 aromatic heterocycles. The molecule has 0 fully saturated rings. The lowest BCUT2D eigenvalue weighted by Crippen LogP contribution is -2.23. The molecule has 0 saturated heterocycles.